The second kappa shape index (κ2) is 2.95. The Balaban J connectivity index is 2.00. The van der Waals surface area contributed by atoms with Crippen LogP contribution in [0.25, 0.3) is 0 Å². The van der Waals surface area contributed by atoms with Gasteiger partial charge in [0.15, 0.2) is 5.78 Å². The molecule has 0 amide bonds. The fourth-order valence-electron chi connectivity index (χ4n) is 3.22. The molecule has 0 N–H and O–H groups in total. The van der Waals surface area contributed by atoms with Crippen molar-refractivity contribution >= 4 is 5.78 Å². The van der Waals surface area contributed by atoms with Crippen LogP contribution in [-0.4, -0.2) is 17.0 Å². The molecule has 0 aromatic heterocycles. The van der Waals surface area contributed by atoms with Gasteiger partial charge in [-0.25, -0.2) is 0 Å². The average molecular weight is 216 g/mol. The van der Waals surface area contributed by atoms with Gasteiger partial charge in [-0.15, -0.1) is 0 Å². The molecule has 0 spiro atoms. The summed E-state index contributed by atoms with van der Waals surface area (Å²) in [7, 11) is 0. The van der Waals surface area contributed by atoms with Gasteiger partial charge < -0.3 is 4.74 Å². The summed E-state index contributed by atoms with van der Waals surface area (Å²) in [6.45, 7) is 4.00. The molecule has 1 aromatic carbocycles. The maximum Gasteiger partial charge on any atom is 0.167 e. The minimum atomic E-state index is -0.532. The number of hydrogen-bond donors (Lipinski definition) is 0. The Morgan fingerprint density at radius 2 is 1.94 bits per heavy atom. The van der Waals surface area contributed by atoms with Crippen molar-refractivity contribution in [2.75, 3.05) is 0 Å². The van der Waals surface area contributed by atoms with Crippen LogP contribution in [0.1, 0.15) is 38.2 Å². The standard InChI is InChI=1S/C14H16O2/c1-13-9-12(15)14(2,16-13)8-11(13)10-6-4-3-5-7-10/h3-7,11H,8-9H2,1-2H3. The lowest BCUT2D eigenvalue weighted by atomic mass is 9.72. The van der Waals surface area contributed by atoms with E-state index in [4.69, 9.17) is 4.74 Å². The van der Waals surface area contributed by atoms with E-state index in [1.54, 1.807) is 0 Å². The first-order valence-electron chi connectivity index (χ1n) is 5.82. The first-order valence-corrected chi connectivity index (χ1v) is 5.82. The van der Waals surface area contributed by atoms with Crippen LogP contribution in [0.4, 0.5) is 0 Å². The molecule has 84 valence electrons. The van der Waals surface area contributed by atoms with Gasteiger partial charge in [-0.3, -0.25) is 4.79 Å². The number of Topliss-reactive ketones (excluding diaryl/α,β-unsaturated/α-hetero) is 1. The van der Waals surface area contributed by atoms with E-state index in [1.807, 2.05) is 13.0 Å². The Kier molecular flexibility index (Phi) is 1.85. The maximum atomic E-state index is 11.8. The van der Waals surface area contributed by atoms with Crippen molar-refractivity contribution in [1.82, 2.24) is 0 Å². The number of rotatable bonds is 1. The van der Waals surface area contributed by atoms with E-state index in [0.717, 1.165) is 6.42 Å². The summed E-state index contributed by atoms with van der Waals surface area (Å²) in [6.07, 6.45) is 1.38. The van der Waals surface area contributed by atoms with Crippen LogP contribution >= 0.6 is 0 Å². The molecule has 2 fully saturated rings. The SMILES string of the molecule is CC12CC(c3ccccc3)C(C)(CC1=O)O2. The Hall–Kier alpha value is -1.15. The van der Waals surface area contributed by atoms with Crippen LogP contribution in [-0.2, 0) is 9.53 Å². The normalized spacial score (nSPS) is 41.6. The Morgan fingerprint density at radius 3 is 2.44 bits per heavy atom. The zero-order valence-corrected chi connectivity index (χ0v) is 9.69. The van der Waals surface area contributed by atoms with Crippen LogP contribution in [0.3, 0.4) is 0 Å². The molecular weight excluding hydrogens is 200 g/mol. The van der Waals surface area contributed by atoms with Gasteiger partial charge in [-0.1, -0.05) is 30.3 Å². The van der Waals surface area contributed by atoms with Crippen LogP contribution in [0, 0.1) is 0 Å². The second-order valence-electron chi connectivity index (χ2n) is 5.41. The van der Waals surface area contributed by atoms with Gasteiger partial charge in [0.05, 0.1) is 5.60 Å². The van der Waals surface area contributed by atoms with Crippen molar-refractivity contribution in [1.29, 1.82) is 0 Å². The van der Waals surface area contributed by atoms with Gasteiger partial charge in [0.25, 0.3) is 0 Å². The summed E-state index contributed by atoms with van der Waals surface area (Å²) < 4.78 is 5.98. The molecule has 1 aromatic rings. The molecular formula is C14H16O2. The minimum absolute atomic E-state index is 0.266. The molecule has 2 aliphatic heterocycles. The van der Waals surface area contributed by atoms with Crippen molar-refractivity contribution in [2.45, 2.75) is 43.8 Å². The van der Waals surface area contributed by atoms with E-state index in [-0.39, 0.29) is 11.4 Å². The number of ether oxygens (including phenoxy) is 1. The van der Waals surface area contributed by atoms with E-state index < -0.39 is 5.60 Å². The summed E-state index contributed by atoms with van der Waals surface area (Å²) in [5, 5.41) is 0. The highest BCUT2D eigenvalue weighted by Crippen LogP contribution is 2.55. The van der Waals surface area contributed by atoms with Crippen LogP contribution < -0.4 is 0 Å². The molecule has 2 bridgehead atoms. The summed E-state index contributed by atoms with van der Waals surface area (Å²) in [5.74, 6) is 0.624. The van der Waals surface area contributed by atoms with Crippen LogP contribution in [0.15, 0.2) is 30.3 Å². The summed E-state index contributed by atoms with van der Waals surface area (Å²) in [5.41, 5.74) is 0.476. The molecule has 2 nitrogen and oxygen atoms in total. The van der Waals surface area contributed by atoms with E-state index in [2.05, 4.69) is 31.2 Å². The summed E-state index contributed by atoms with van der Waals surface area (Å²) >= 11 is 0. The zero-order chi connectivity index (χ0) is 11.4. The highest BCUT2D eigenvalue weighted by atomic mass is 16.5. The lowest BCUT2D eigenvalue weighted by Crippen LogP contribution is -2.34. The molecule has 0 saturated carbocycles. The first-order chi connectivity index (χ1) is 7.54. The van der Waals surface area contributed by atoms with Gasteiger partial charge in [0.2, 0.25) is 0 Å². The quantitative estimate of drug-likeness (QED) is 0.721. The zero-order valence-electron chi connectivity index (χ0n) is 9.69. The fourth-order valence-corrected chi connectivity index (χ4v) is 3.22. The third-order valence-electron chi connectivity index (χ3n) is 4.09. The molecule has 2 saturated heterocycles. The van der Waals surface area contributed by atoms with Crippen LogP contribution in [0.5, 0.6) is 0 Å². The lowest BCUT2D eigenvalue weighted by Gasteiger charge is -2.28. The predicted molar refractivity (Wildman–Crippen MR) is 61.3 cm³/mol. The van der Waals surface area contributed by atoms with E-state index in [0.29, 0.717) is 12.3 Å². The number of carbonyl (C=O) groups is 1. The molecule has 2 aliphatic rings. The lowest BCUT2D eigenvalue weighted by molar-refractivity contribution is -0.129. The first kappa shape index (κ1) is 10.0. The molecule has 2 heteroatoms. The third-order valence-corrected chi connectivity index (χ3v) is 4.09. The molecule has 0 radical (unpaired) electrons. The maximum absolute atomic E-state index is 11.8. The number of benzene rings is 1. The van der Waals surface area contributed by atoms with E-state index in [9.17, 15) is 4.79 Å². The Bertz CT molecular complexity index is 439. The average Bonchev–Trinajstić information content (AvgIpc) is 2.64. The van der Waals surface area contributed by atoms with Gasteiger partial charge >= 0.3 is 0 Å². The number of ketones is 1. The van der Waals surface area contributed by atoms with Gasteiger partial charge in [-0.2, -0.15) is 0 Å². The van der Waals surface area contributed by atoms with Gasteiger partial charge in [0, 0.05) is 12.3 Å². The Morgan fingerprint density at radius 1 is 1.25 bits per heavy atom. The van der Waals surface area contributed by atoms with Crippen molar-refractivity contribution in [3.05, 3.63) is 35.9 Å². The van der Waals surface area contributed by atoms with Crippen molar-refractivity contribution in [2.24, 2.45) is 0 Å². The fraction of sp³-hybridized carbons (Fsp3) is 0.500. The molecule has 3 atom stereocenters. The summed E-state index contributed by atoms with van der Waals surface area (Å²) in [4.78, 5) is 11.8. The van der Waals surface area contributed by atoms with Crippen molar-refractivity contribution in [3.63, 3.8) is 0 Å². The van der Waals surface area contributed by atoms with Crippen LogP contribution in [0.2, 0.25) is 0 Å². The topological polar surface area (TPSA) is 26.3 Å². The molecule has 2 heterocycles. The van der Waals surface area contributed by atoms with Crippen molar-refractivity contribution < 1.29 is 9.53 Å². The largest absolute Gasteiger partial charge is 0.360 e. The highest BCUT2D eigenvalue weighted by Gasteiger charge is 2.61. The highest BCUT2D eigenvalue weighted by molar-refractivity contribution is 5.91. The molecule has 3 unspecified atom stereocenters. The summed E-state index contributed by atoms with van der Waals surface area (Å²) in [6, 6.07) is 10.4. The second-order valence-corrected chi connectivity index (χ2v) is 5.41. The van der Waals surface area contributed by atoms with E-state index in [1.165, 1.54) is 5.56 Å². The Labute approximate surface area is 95.6 Å². The van der Waals surface area contributed by atoms with Crippen molar-refractivity contribution in [3.8, 4) is 0 Å². The minimum Gasteiger partial charge on any atom is -0.360 e. The predicted octanol–water partition coefficient (Wildman–Crippen LogP) is 2.68. The number of hydrogen-bond acceptors (Lipinski definition) is 2. The van der Waals surface area contributed by atoms with Gasteiger partial charge in [-0.05, 0) is 25.8 Å². The smallest absolute Gasteiger partial charge is 0.167 e. The number of fused-ring (bicyclic) bond motifs is 2. The monoisotopic (exact) mass is 216 g/mol. The number of carbonyl (C=O) groups excluding carboxylic acids is 1. The molecule has 16 heavy (non-hydrogen) atoms. The molecule has 0 aliphatic carbocycles. The van der Waals surface area contributed by atoms with E-state index >= 15 is 0 Å². The van der Waals surface area contributed by atoms with Gasteiger partial charge in [0.1, 0.15) is 5.60 Å². The third kappa shape index (κ3) is 1.20. The molecule has 3 rings (SSSR count).